The van der Waals surface area contributed by atoms with Crippen LogP contribution in [0.2, 0.25) is 0 Å². The average Bonchev–Trinajstić information content (AvgIpc) is 3.33. The Morgan fingerprint density at radius 3 is 2.33 bits per heavy atom. The molecule has 24 heavy (non-hydrogen) atoms. The number of nitrogens with one attached hydrogen (secondary N) is 2. The van der Waals surface area contributed by atoms with E-state index in [0.29, 0.717) is 16.0 Å². The molecule has 2 fully saturated rings. The lowest BCUT2D eigenvalue weighted by molar-refractivity contribution is 0.0922. The lowest BCUT2D eigenvalue weighted by atomic mass is 9.87. The fourth-order valence-electron chi connectivity index (χ4n) is 3.00. The number of sulfonamides is 1. The maximum atomic E-state index is 12.6. The van der Waals surface area contributed by atoms with Crippen LogP contribution in [-0.2, 0) is 10.0 Å². The Morgan fingerprint density at radius 2 is 1.71 bits per heavy atom. The van der Waals surface area contributed by atoms with Gasteiger partial charge in [0.1, 0.15) is 0 Å². The molecule has 0 heterocycles. The number of hydrogen-bond acceptors (Lipinski definition) is 3. The van der Waals surface area contributed by atoms with E-state index in [1.807, 2.05) is 0 Å². The first-order chi connectivity index (χ1) is 11.3. The molecule has 0 bridgehead atoms. The highest BCUT2D eigenvalue weighted by atomic mass is 79.9. The number of halogens is 1. The second-order valence-electron chi connectivity index (χ2n) is 6.97. The van der Waals surface area contributed by atoms with Gasteiger partial charge in [0.15, 0.2) is 0 Å². The minimum Gasteiger partial charge on any atom is -0.349 e. The molecule has 2 saturated carbocycles. The molecule has 0 aliphatic heterocycles. The molecule has 0 unspecified atom stereocenters. The maximum absolute atomic E-state index is 12.6. The Morgan fingerprint density at radius 1 is 1.08 bits per heavy atom. The van der Waals surface area contributed by atoms with E-state index >= 15 is 0 Å². The monoisotopic (exact) mass is 414 g/mol. The first kappa shape index (κ1) is 17.9. The molecular formula is C17H23BrN2O3S. The summed E-state index contributed by atoms with van der Waals surface area (Å²) >= 11 is 3.36. The Balaban J connectivity index is 1.74. The van der Waals surface area contributed by atoms with Gasteiger partial charge in [-0.05, 0) is 78.6 Å². The van der Waals surface area contributed by atoms with Crippen LogP contribution in [0.3, 0.4) is 0 Å². The molecule has 2 aliphatic carbocycles. The maximum Gasteiger partial charge on any atom is 0.252 e. The van der Waals surface area contributed by atoms with E-state index in [0.717, 1.165) is 38.5 Å². The smallest absolute Gasteiger partial charge is 0.252 e. The second kappa shape index (κ2) is 7.14. The van der Waals surface area contributed by atoms with Gasteiger partial charge in [-0.15, -0.1) is 0 Å². The summed E-state index contributed by atoms with van der Waals surface area (Å²) in [7, 11) is -3.56. The first-order valence-electron chi connectivity index (χ1n) is 8.48. The molecule has 1 amide bonds. The predicted octanol–water partition coefficient (Wildman–Crippen LogP) is 3.20. The average molecular weight is 415 g/mol. The number of carbonyl (C=O) groups excluding carboxylic acids is 1. The molecule has 0 spiro atoms. The first-order valence-corrected chi connectivity index (χ1v) is 10.8. The lowest BCUT2D eigenvalue weighted by Crippen LogP contribution is -2.37. The van der Waals surface area contributed by atoms with Gasteiger partial charge in [0.05, 0.1) is 10.5 Å². The highest BCUT2D eigenvalue weighted by molar-refractivity contribution is 9.10. The van der Waals surface area contributed by atoms with Crippen molar-refractivity contribution in [2.24, 2.45) is 5.92 Å². The van der Waals surface area contributed by atoms with Crippen LogP contribution in [-0.4, -0.2) is 26.4 Å². The summed E-state index contributed by atoms with van der Waals surface area (Å²) in [5.41, 5.74) is 0.368. The minimum absolute atomic E-state index is 0.0418. The van der Waals surface area contributed by atoms with Crippen molar-refractivity contribution in [2.75, 3.05) is 0 Å². The molecule has 0 radical (unpaired) electrons. The Hall–Kier alpha value is -0.920. The van der Waals surface area contributed by atoms with Crippen LogP contribution < -0.4 is 10.0 Å². The quantitative estimate of drug-likeness (QED) is 0.776. The van der Waals surface area contributed by atoms with Gasteiger partial charge in [-0.2, -0.15) is 0 Å². The van der Waals surface area contributed by atoms with Gasteiger partial charge in [-0.3, -0.25) is 4.79 Å². The summed E-state index contributed by atoms with van der Waals surface area (Å²) in [5, 5.41) is 3.04. The van der Waals surface area contributed by atoms with Gasteiger partial charge in [0.25, 0.3) is 5.91 Å². The van der Waals surface area contributed by atoms with Gasteiger partial charge >= 0.3 is 0 Å². The van der Waals surface area contributed by atoms with E-state index in [1.165, 1.54) is 12.1 Å². The third kappa shape index (κ3) is 4.37. The SMILES string of the molecule is CC1CCC(NC(=O)c2cc(S(=O)(=O)NC3CC3)ccc2Br)CC1. The summed E-state index contributed by atoms with van der Waals surface area (Å²) < 4.78 is 27.9. The van der Waals surface area contributed by atoms with E-state index in [4.69, 9.17) is 0 Å². The van der Waals surface area contributed by atoms with Crippen LogP contribution in [0, 0.1) is 5.92 Å². The normalized spacial score (nSPS) is 24.6. The number of benzene rings is 1. The lowest BCUT2D eigenvalue weighted by Gasteiger charge is -2.27. The van der Waals surface area contributed by atoms with Gasteiger partial charge in [0, 0.05) is 16.6 Å². The molecule has 7 heteroatoms. The number of rotatable bonds is 5. The molecule has 1 aromatic rings. The standard InChI is InChI=1S/C17H23BrN2O3S/c1-11-2-4-12(5-3-11)19-17(21)15-10-14(8-9-16(15)18)24(22,23)20-13-6-7-13/h8-13,20H,2-7H2,1H3,(H,19,21). The van der Waals surface area contributed by atoms with E-state index < -0.39 is 10.0 Å². The zero-order valence-electron chi connectivity index (χ0n) is 13.7. The van der Waals surface area contributed by atoms with Crippen molar-refractivity contribution < 1.29 is 13.2 Å². The molecule has 0 aromatic heterocycles. The van der Waals surface area contributed by atoms with E-state index in [-0.39, 0.29) is 22.9 Å². The van der Waals surface area contributed by atoms with Crippen molar-refractivity contribution in [3.05, 3.63) is 28.2 Å². The topological polar surface area (TPSA) is 75.3 Å². The zero-order chi connectivity index (χ0) is 17.3. The molecule has 2 aliphatic rings. The van der Waals surface area contributed by atoms with Crippen molar-refractivity contribution in [1.29, 1.82) is 0 Å². The number of amides is 1. The van der Waals surface area contributed by atoms with Gasteiger partial charge in [-0.25, -0.2) is 13.1 Å². The van der Waals surface area contributed by atoms with E-state index in [9.17, 15) is 13.2 Å². The van der Waals surface area contributed by atoms with E-state index in [1.54, 1.807) is 6.07 Å². The molecule has 2 N–H and O–H groups in total. The van der Waals surface area contributed by atoms with E-state index in [2.05, 4.69) is 32.9 Å². The summed E-state index contributed by atoms with van der Waals surface area (Å²) in [4.78, 5) is 12.7. The van der Waals surface area contributed by atoms with Crippen LogP contribution in [0.5, 0.6) is 0 Å². The van der Waals surface area contributed by atoms with Crippen molar-refractivity contribution in [1.82, 2.24) is 10.0 Å². The third-order valence-electron chi connectivity index (χ3n) is 4.74. The van der Waals surface area contributed by atoms with Crippen molar-refractivity contribution in [3.63, 3.8) is 0 Å². The summed E-state index contributed by atoms with van der Waals surface area (Å²) in [6, 6.07) is 4.81. The van der Waals surface area contributed by atoms with Crippen LogP contribution in [0.1, 0.15) is 55.8 Å². The molecule has 1 aromatic carbocycles. The van der Waals surface area contributed by atoms with Crippen LogP contribution in [0.25, 0.3) is 0 Å². The molecule has 0 saturated heterocycles. The summed E-state index contributed by atoms with van der Waals surface area (Å²) in [5.74, 6) is 0.497. The highest BCUT2D eigenvalue weighted by Gasteiger charge is 2.29. The van der Waals surface area contributed by atoms with Crippen LogP contribution in [0.4, 0.5) is 0 Å². The fraction of sp³-hybridized carbons (Fsp3) is 0.588. The molecule has 3 rings (SSSR count). The molecule has 0 atom stereocenters. The molecular weight excluding hydrogens is 392 g/mol. The van der Waals surface area contributed by atoms with Crippen molar-refractivity contribution >= 4 is 31.9 Å². The summed E-state index contributed by atoms with van der Waals surface area (Å²) in [6.45, 7) is 2.23. The number of carbonyl (C=O) groups is 1. The Kier molecular flexibility index (Phi) is 5.32. The number of hydrogen-bond donors (Lipinski definition) is 2. The van der Waals surface area contributed by atoms with Gasteiger partial charge in [-0.1, -0.05) is 6.92 Å². The Bertz CT molecular complexity index is 723. The highest BCUT2D eigenvalue weighted by Crippen LogP contribution is 2.26. The zero-order valence-corrected chi connectivity index (χ0v) is 16.1. The summed E-state index contributed by atoms with van der Waals surface area (Å²) in [6.07, 6.45) is 5.95. The molecule has 5 nitrogen and oxygen atoms in total. The van der Waals surface area contributed by atoms with Crippen molar-refractivity contribution in [2.45, 2.75) is 62.4 Å². The Labute approximate surface area is 151 Å². The van der Waals surface area contributed by atoms with Crippen LogP contribution in [0.15, 0.2) is 27.6 Å². The predicted molar refractivity (Wildman–Crippen MR) is 96.4 cm³/mol. The minimum atomic E-state index is -3.56. The fourth-order valence-corrected chi connectivity index (χ4v) is 4.76. The van der Waals surface area contributed by atoms with Crippen molar-refractivity contribution in [3.8, 4) is 0 Å². The van der Waals surface area contributed by atoms with Gasteiger partial charge < -0.3 is 5.32 Å². The van der Waals surface area contributed by atoms with Crippen LogP contribution >= 0.6 is 15.9 Å². The third-order valence-corrected chi connectivity index (χ3v) is 6.95. The largest absolute Gasteiger partial charge is 0.349 e. The molecule has 132 valence electrons. The van der Waals surface area contributed by atoms with Gasteiger partial charge in [0.2, 0.25) is 10.0 Å². The second-order valence-corrected chi connectivity index (χ2v) is 9.54.